The van der Waals surface area contributed by atoms with Crippen LogP contribution in [0.2, 0.25) is 10.0 Å². The van der Waals surface area contributed by atoms with Crippen LogP contribution in [-0.4, -0.2) is 12.1 Å². The van der Waals surface area contributed by atoms with E-state index in [1.807, 2.05) is 13.8 Å². The zero-order valence-electron chi connectivity index (χ0n) is 8.77. The van der Waals surface area contributed by atoms with E-state index in [4.69, 9.17) is 23.2 Å². The second-order valence-electron chi connectivity index (χ2n) is 3.50. The fourth-order valence-electron chi connectivity index (χ4n) is 1.07. The first-order chi connectivity index (χ1) is 7.40. The number of rotatable bonds is 2. The Morgan fingerprint density at radius 1 is 1.31 bits per heavy atom. The predicted octanol–water partition coefficient (Wildman–Crippen LogP) is 3.66. The number of nitrogens with one attached hydrogen (secondary N) is 2. The van der Waals surface area contributed by atoms with Gasteiger partial charge in [0.15, 0.2) is 0 Å². The molecule has 0 spiro atoms. The number of urea groups is 1. The van der Waals surface area contributed by atoms with Crippen LogP contribution in [0.3, 0.4) is 0 Å². The summed E-state index contributed by atoms with van der Waals surface area (Å²) in [7, 11) is 0. The van der Waals surface area contributed by atoms with E-state index < -0.39 is 11.8 Å². The molecule has 1 rings (SSSR count). The van der Waals surface area contributed by atoms with Gasteiger partial charge in [-0.1, -0.05) is 23.2 Å². The smallest absolute Gasteiger partial charge is 0.319 e. The second kappa shape index (κ2) is 5.37. The first-order valence-electron chi connectivity index (χ1n) is 4.62. The van der Waals surface area contributed by atoms with E-state index in [2.05, 4.69) is 10.6 Å². The summed E-state index contributed by atoms with van der Waals surface area (Å²) in [5, 5.41) is 5.17. The maximum absolute atomic E-state index is 12.9. The van der Waals surface area contributed by atoms with Crippen LogP contribution in [0.4, 0.5) is 14.9 Å². The molecule has 1 aromatic carbocycles. The third-order valence-corrected chi connectivity index (χ3v) is 2.26. The number of carbonyl (C=O) groups excluding carboxylic acids is 1. The molecule has 0 radical (unpaired) electrons. The number of halogens is 3. The zero-order chi connectivity index (χ0) is 12.3. The van der Waals surface area contributed by atoms with Crippen LogP contribution in [0.25, 0.3) is 0 Å². The lowest BCUT2D eigenvalue weighted by atomic mass is 10.3. The van der Waals surface area contributed by atoms with Crippen LogP contribution in [0.5, 0.6) is 0 Å². The fourth-order valence-corrected chi connectivity index (χ4v) is 1.63. The highest BCUT2D eigenvalue weighted by Gasteiger charge is 2.11. The molecule has 0 bridgehead atoms. The first-order valence-corrected chi connectivity index (χ1v) is 5.38. The Bertz CT molecular complexity index is 387. The standard InChI is InChI=1S/C10H11Cl2FN2O/c1-5(2)14-10(16)15-9-7(11)3-6(13)4-8(9)12/h3-5H,1-2H3,(H2,14,15,16). The van der Waals surface area contributed by atoms with E-state index >= 15 is 0 Å². The molecule has 0 heterocycles. The molecule has 0 aliphatic heterocycles. The van der Waals surface area contributed by atoms with Crippen molar-refractivity contribution >= 4 is 34.9 Å². The molecule has 88 valence electrons. The Kier molecular flexibility index (Phi) is 4.38. The quantitative estimate of drug-likeness (QED) is 0.841. The van der Waals surface area contributed by atoms with E-state index in [9.17, 15) is 9.18 Å². The van der Waals surface area contributed by atoms with E-state index in [0.717, 1.165) is 12.1 Å². The molecule has 6 heteroatoms. The number of hydrogen-bond acceptors (Lipinski definition) is 1. The number of amides is 2. The normalized spacial score (nSPS) is 10.4. The molecule has 0 unspecified atom stereocenters. The van der Waals surface area contributed by atoms with Gasteiger partial charge in [-0.2, -0.15) is 0 Å². The van der Waals surface area contributed by atoms with Gasteiger partial charge in [0.05, 0.1) is 15.7 Å². The molecule has 0 atom stereocenters. The lowest BCUT2D eigenvalue weighted by Gasteiger charge is -2.12. The SMILES string of the molecule is CC(C)NC(=O)Nc1c(Cl)cc(F)cc1Cl. The van der Waals surface area contributed by atoms with Gasteiger partial charge >= 0.3 is 6.03 Å². The highest BCUT2D eigenvalue weighted by molar-refractivity contribution is 6.39. The fraction of sp³-hybridized carbons (Fsp3) is 0.300. The Morgan fingerprint density at radius 3 is 2.25 bits per heavy atom. The van der Waals surface area contributed by atoms with Crippen LogP contribution < -0.4 is 10.6 Å². The lowest BCUT2D eigenvalue weighted by Crippen LogP contribution is -2.34. The average Bonchev–Trinajstić information content (AvgIpc) is 2.09. The highest BCUT2D eigenvalue weighted by Crippen LogP contribution is 2.31. The third-order valence-electron chi connectivity index (χ3n) is 1.67. The number of hydrogen-bond donors (Lipinski definition) is 2. The Balaban J connectivity index is 2.85. The van der Waals surface area contributed by atoms with Gasteiger partial charge in [-0.15, -0.1) is 0 Å². The molecule has 0 saturated heterocycles. The van der Waals surface area contributed by atoms with Crippen molar-refractivity contribution < 1.29 is 9.18 Å². The summed E-state index contributed by atoms with van der Waals surface area (Å²) < 4.78 is 12.9. The van der Waals surface area contributed by atoms with Crippen molar-refractivity contribution in [1.29, 1.82) is 0 Å². The summed E-state index contributed by atoms with van der Waals surface area (Å²) in [6.45, 7) is 3.63. The Labute approximate surface area is 103 Å². The third kappa shape index (κ3) is 3.54. The van der Waals surface area contributed by atoms with Crippen molar-refractivity contribution in [1.82, 2.24) is 5.32 Å². The molecule has 2 amide bonds. The van der Waals surface area contributed by atoms with Crippen LogP contribution in [-0.2, 0) is 0 Å². The first kappa shape index (κ1) is 13.1. The van der Waals surface area contributed by atoms with Crippen molar-refractivity contribution in [2.24, 2.45) is 0 Å². The number of benzene rings is 1. The minimum Gasteiger partial charge on any atom is -0.336 e. The van der Waals surface area contributed by atoms with Gasteiger partial charge in [0.2, 0.25) is 0 Å². The maximum Gasteiger partial charge on any atom is 0.319 e. The van der Waals surface area contributed by atoms with E-state index in [1.165, 1.54) is 0 Å². The van der Waals surface area contributed by atoms with E-state index in [1.54, 1.807) is 0 Å². The van der Waals surface area contributed by atoms with Crippen molar-refractivity contribution in [2.45, 2.75) is 19.9 Å². The average molecular weight is 265 g/mol. The van der Waals surface area contributed by atoms with Gasteiger partial charge in [0.1, 0.15) is 5.82 Å². The Hall–Kier alpha value is -1.00. The molecule has 0 fully saturated rings. The summed E-state index contributed by atoms with van der Waals surface area (Å²) >= 11 is 11.5. The molecular formula is C10H11Cl2FN2O. The largest absolute Gasteiger partial charge is 0.336 e. The van der Waals surface area contributed by atoms with E-state index in [-0.39, 0.29) is 21.8 Å². The zero-order valence-corrected chi connectivity index (χ0v) is 10.3. The van der Waals surface area contributed by atoms with Gasteiger partial charge in [0.25, 0.3) is 0 Å². The van der Waals surface area contributed by atoms with Gasteiger partial charge < -0.3 is 10.6 Å². The summed E-state index contributed by atoms with van der Waals surface area (Å²) in [5.74, 6) is -0.551. The van der Waals surface area contributed by atoms with Crippen molar-refractivity contribution in [3.05, 3.63) is 28.0 Å². The van der Waals surface area contributed by atoms with Gasteiger partial charge in [-0.25, -0.2) is 9.18 Å². The molecule has 2 N–H and O–H groups in total. The molecule has 0 aromatic heterocycles. The van der Waals surface area contributed by atoms with Gasteiger partial charge in [-0.05, 0) is 26.0 Å². The molecule has 3 nitrogen and oxygen atoms in total. The van der Waals surface area contributed by atoms with Crippen LogP contribution in [0.15, 0.2) is 12.1 Å². The molecule has 16 heavy (non-hydrogen) atoms. The van der Waals surface area contributed by atoms with Gasteiger partial charge in [-0.3, -0.25) is 0 Å². The maximum atomic E-state index is 12.9. The molecule has 0 aliphatic carbocycles. The minimum absolute atomic E-state index is 0.0157. The van der Waals surface area contributed by atoms with Crippen LogP contribution >= 0.6 is 23.2 Å². The molecule has 1 aromatic rings. The van der Waals surface area contributed by atoms with Crippen molar-refractivity contribution in [3.8, 4) is 0 Å². The second-order valence-corrected chi connectivity index (χ2v) is 4.31. The topological polar surface area (TPSA) is 41.1 Å². The van der Waals surface area contributed by atoms with Crippen molar-refractivity contribution in [3.63, 3.8) is 0 Å². The predicted molar refractivity (Wildman–Crippen MR) is 63.7 cm³/mol. The summed E-state index contributed by atoms with van der Waals surface area (Å²) in [6, 6.07) is 1.71. The highest BCUT2D eigenvalue weighted by atomic mass is 35.5. The molecule has 0 aliphatic rings. The van der Waals surface area contributed by atoms with Crippen molar-refractivity contribution in [2.75, 3.05) is 5.32 Å². The number of anilines is 1. The van der Waals surface area contributed by atoms with Gasteiger partial charge in [0, 0.05) is 6.04 Å². The monoisotopic (exact) mass is 264 g/mol. The lowest BCUT2D eigenvalue weighted by molar-refractivity contribution is 0.250. The summed E-state index contributed by atoms with van der Waals surface area (Å²) in [5.41, 5.74) is 0.197. The Morgan fingerprint density at radius 2 is 1.81 bits per heavy atom. The summed E-state index contributed by atoms with van der Waals surface area (Å²) in [4.78, 5) is 11.4. The summed E-state index contributed by atoms with van der Waals surface area (Å²) in [6.07, 6.45) is 0. The minimum atomic E-state index is -0.551. The number of carbonyl (C=O) groups is 1. The molecule has 0 saturated carbocycles. The van der Waals surface area contributed by atoms with Crippen LogP contribution in [0.1, 0.15) is 13.8 Å². The van der Waals surface area contributed by atoms with Crippen LogP contribution in [0, 0.1) is 5.82 Å². The van der Waals surface area contributed by atoms with E-state index in [0.29, 0.717) is 0 Å². The molecular weight excluding hydrogens is 254 g/mol.